The van der Waals surface area contributed by atoms with Crippen molar-refractivity contribution in [1.29, 1.82) is 5.26 Å². The second kappa shape index (κ2) is 8.91. The lowest BCUT2D eigenvalue weighted by Gasteiger charge is -2.31. The van der Waals surface area contributed by atoms with Gasteiger partial charge in [0.2, 0.25) is 5.95 Å². The number of nitrogens with one attached hydrogen (secondary N) is 3. The average molecular weight is 475 g/mol. The Balaban J connectivity index is 1.85. The molecular formula is C23H21BClFN8. The number of nitrogens with zero attached hydrogens (tertiary/aromatic N) is 5. The Kier molecular flexibility index (Phi) is 6.15. The van der Waals surface area contributed by atoms with Gasteiger partial charge in [-0.3, -0.25) is 4.98 Å². The minimum Gasteiger partial charge on any atom is -0.383 e. The topological polar surface area (TPSA) is 115 Å². The maximum absolute atomic E-state index is 13.5. The predicted molar refractivity (Wildman–Crippen MR) is 130 cm³/mol. The molecule has 170 valence electrons. The molecule has 4 aromatic rings. The van der Waals surface area contributed by atoms with Crippen LogP contribution in [0.15, 0.2) is 42.9 Å². The second-order valence-electron chi connectivity index (χ2n) is 9.08. The smallest absolute Gasteiger partial charge is 0.212 e. The van der Waals surface area contributed by atoms with Crippen LogP contribution < -0.4 is 10.6 Å². The number of fused-ring (bicyclic) bond motifs is 1. The number of hydrogen-bond acceptors (Lipinski definition) is 7. The highest BCUT2D eigenvalue weighted by molar-refractivity contribution is 6.36. The molecule has 0 aliphatic heterocycles. The van der Waals surface area contributed by atoms with Gasteiger partial charge in [-0.15, -0.1) is 0 Å². The Morgan fingerprint density at radius 3 is 2.59 bits per heavy atom. The number of aromatic nitrogens is 5. The molecule has 3 N–H and O–H groups in total. The van der Waals surface area contributed by atoms with E-state index in [0.29, 0.717) is 50.7 Å². The molecule has 3 heterocycles. The van der Waals surface area contributed by atoms with E-state index in [9.17, 15) is 9.65 Å². The van der Waals surface area contributed by atoms with Crippen molar-refractivity contribution >= 4 is 41.7 Å². The van der Waals surface area contributed by atoms with Crippen molar-refractivity contribution in [1.82, 2.24) is 25.4 Å². The van der Waals surface area contributed by atoms with E-state index in [1.807, 2.05) is 0 Å². The van der Waals surface area contributed by atoms with Crippen molar-refractivity contribution in [3.63, 3.8) is 0 Å². The van der Waals surface area contributed by atoms with Gasteiger partial charge in [-0.1, -0.05) is 38.4 Å². The molecule has 0 spiro atoms. The Morgan fingerprint density at radius 2 is 1.97 bits per heavy atom. The summed E-state index contributed by atoms with van der Waals surface area (Å²) in [7, 11) is 6.75. The van der Waals surface area contributed by atoms with E-state index < -0.39 is 11.4 Å². The zero-order chi connectivity index (χ0) is 24.5. The molecule has 0 amide bonds. The SMILES string of the molecule is [B]C(Nc1cc(Cl)c2ncc(C#N)c(NCC(C)(C)C)c2c1)(c1ccc(F)nc1)c1cn[nH]n1. The minimum atomic E-state index is -1.41. The van der Waals surface area contributed by atoms with E-state index in [2.05, 4.69) is 62.9 Å². The Morgan fingerprint density at radius 1 is 1.18 bits per heavy atom. The highest BCUT2D eigenvalue weighted by Crippen LogP contribution is 2.36. The largest absolute Gasteiger partial charge is 0.383 e. The molecule has 11 heteroatoms. The molecule has 0 saturated carbocycles. The molecular weight excluding hydrogens is 454 g/mol. The fourth-order valence-electron chi connectivity index (χ4n) is 3.47. The molecule has 0 fully saturated rings. The van der Waals surface area contributed by atoms with E-state index in [-0.39, 0.29) is 5.41 Å². The molecule has 3 aromatic heterocycles. The molecule has 2 radical (unpaired) electrons. The first-order chi connectivity index (χ1) is 16.1. The molecule has 1 aromatic carbocycles. The third-order valence-electron chi connectivity index (χ3n) is 5.18. The summed E-state index contributed by atoms with van der Waals surface area (Å²) in [5.41, 5.74) is 1.45. The van der Waals surface area contributed by atoms with Gasteiger partial charge in [0.05, 0.1) is 33.4 Å². The molecule has 0 bridgehead atoms. The number of nitriles is 1. The number of benzene rings is 1. The van der Waals surface area contributed by atoms with Crippen LogP contribution in [-0.4, -0.2) is 39.8 Å². The monoisotopic (exact) mass is 474 g/mol. The maximum Gasteiger partial charge on any atom is 0.212 e. The summed E-state index contributed by atoms with van der Waals surface area (Å²) in [6.07, 6.45) is 4.29. The van der Waals surface area contributed by atoms with Gasteiger partial charge in [-0.2, -0.15) is 25.1 Å². The first-order valence-electron chi connectivity index (χ1n) is 10.4. The first kappa shape index (κ1) is 23.5. The molecule has 0 aliphatic carbocycles. The van der Waals surface area contributed by atoms with Gasteiger partial charge >= 0.3 is 0 Å². The third-order valence-corrected chi connectivity index (χ3v) is 5.47. The Hall–Kier alpha value is -3.71. The van der Waals surface area contributed by atoms with Crippen LogP contribution in [0, 0.1) is 22.7 Å². The predicted octanol–water partition coefficient (Wildman–Crippen LogP) is 4.35. The van der Waals surface area contributed by atoms with Gasteiger partial charge in [0.15, 0.2) is 0 Å². The first-order valence-corrected chi connectivity index (χ1v) is 10.8. The van der Waals surface area contributed by atoms with Gasteiger partial charge in [0, 0.05) is 30.0 Å². The summed E-state index contributed by atoms with van der Waals surface area (Å²) in [5, 5.41) is 27.8. The van der Waals surface area contributed by atoms with Crippen LogP contribution in [0.3, 0.4) is 0 Å². The van der Waals surface area contributed by atoms with E-state index in [4.69, 9.17) is 19.4 Å². The molecule has 0 saturated heterocycles. The summed E-state index contributed by atoms with van der Waals surface area (Å²) in [5.74, 6) is -0.635. The molecule has 1 unspecified atom stereocenters. The lowest BCUT2D eigenvalue weighted by atomic mass is 9.70. The zero-order valence-corrected chi connectivity index (χ0v) is 19.6. The van der Waals surface area contributed by atoms with Crippen molar-refractivity contribution in [2.75, 3.05) is 17.2 Å². The van der Waals surface area contributed by atoms with Gasteiger partial charge in [0.1, 0.15) is 19.6 Å². The highest BCUT2D eigenvalue weighted by Gasteiger charge is 2.32. The van der Waals surface area contributed by atoms with Crippen LogP contribution in [0.5, 0.6) is 0 Å². The summed E-state index contributed by atoms with van der Waals surface area (Å²) < 4.78 is 13.5. The van der Waals surface area contributed by atoms with Gasteiger partial charge in [-0.25, -0.2) is 4.98 Å². The van der Waals surface area contributed by atoms with Crippen molar-refractivity contribution in [2.24, 2.45) is 5.41 Å². The van der Waals surface area contributed by atoms with E-state index in [0.717, 1.165) is 0 Å². The summed E-state index contributed by atoms with van der Waals surface area (Å²) in [6.45, 7) is 6.89. The normalized spacial score (nSPS) is 13.3. The Bertz CT molecular complexity index is 1360. The van der Waals surface area contributed by atoms with Crippen LogP contribution in [0.25, 0.3) is 10.9 Å². The number of H-pyrrole nitrogens is 1. The van der Waals surface area contributed by atoms with Crippen LogP contribution in [-0.2, 0) is 5.44 Å². The Labute approximate surface area is 202 Å². The van der Waals surface area contributed by atoms with Crippen LogP contribution >= 0.6 is 11.6 Å². The number of pyridine rings is 2. The highest BCUT2D eigenvalue weighted by atomic mass is 35.5. The lowest BCUT2D eigenvalue weighted by Crippen LogP contribution is -2.38. The molecule has 34 heavy (non-hydrogen) atoms. The lowest BCUT2D eigenvalue weighted by molar-refractivity contribution is 0.443. The van der Waals surface area contributed by atoms with Crippen molar-refractivity contribution in [3.8, 4) is 6.07 Å². The van der Waals surface area contributed by atoms with Crippen LogP contribution in [0.4, 0.5) is 15.8 Å². The van der Waals surface area contributed by atoms with E-state index in [1.165, 1.54) is 30.7 Å². The van der Waals surface area contributed by atoms with Crippen molar-refractivity contribution < 1.29 is 4.39 Å². The fourth-order valence-corrected chi connectivity index (χ4v) is 3.74. The number of halogens is 2. The number of aromatic amines is 1. The summed E-state index contributed by atoms with van der Waals surface area (Å²) >= 11 is 6.59. The average Bonchev–Trinajstić information content (AvgIpc) is 3.33. The van der Waals surface area contributed by atoms with Gasteiger partial charge in [0.25, 0.3) is 0 Å². The molecule has 4 rings (SSSR count). The van der Waals surface area contributed by atoms with Gasteiger partial charge in [-0.05, 0) is 29.2 Å². The minimum absolute atomic E-state index is 0.0308. The summed E-state index contributed by atoms with van der Waals surface area (Å²) in [4.78, 5) is 8.10. The van der Waals surface area contributed by atoms with E-state index >= 15 is 0 Å². The third kappa shape index (κ3) is 4.65. The molecule has 0 aliphatic rings. The second-order valence-corrected chi connectivity index (χ2v) is 9.49. The van der Waals surface area contributed by atoms with E-state index in [1.54, 1.807) is 12.1 Å². The molecule has 1 atom stereocenters. The number of anilines is 2. The quantitative estimate of drug-likeness (QED) is 0.281. The summed E-state index contributed by atoms with van der Waals surface area (Å²) in [6, 6.07) is 8.39. The number of rotatable bonds is 6. The van der Waals surface area contributed by atoms with Crippen molar-refractivity contribution in [3.05, 3.63) is 70.6 Å². The van der Waals surface area contributed by atoms with Gasteiger partial charge < -0.3 is 10.6 Å². The zero-order valence-electron chi connectivity index (χ0n) is 18.8. The standard InChI is InChI=1S/C23H21BClFN8/c1-22(2,3)12-30-20-13(8-27)9-29-21-16(20)6-15(7-17(21)25)32-23(24,18-11-31-34-33-18)14-4-5-19(26)28-10-14/h4-7,9-11,32H,12H2,1-3H3,(H,29,30)(H,31,33,34). The number of hydrogen-bond donors (Lipinski definition) is 3. The van der Waals surface area contributed by atoms with Crippen LogP contribution in [0.1, 0.15) is 37.6 Å². The van der Waals surface area contributed by atoms with Crippen LogP contribution in [0.2, 0.25) is 5.02 Å². The maximum atomic E-state index is 13.5. The fraction of sp³-hybridized carbons (Fsp3) is 0.261. The molecule has 8 nitrogen and oxygen atoms in total. The van der Waals surface area contributed by atoms with Crippen molar-refractivity contribution in [2.45, 2.75) is 26.2 Å².